The van der Waals surface area contributed by atoms with Gasteiger partial charge in [0.2, 0.25) is 0 Å². The number of nitrogens with one attached hydrogen (secondary N) is 2. The summed E-state index contributed by atoms with van der Waals surface area (Å²) < 4.78 is 5.55. The fraction of sp³-hybridized carbons (Fsp3) is 0.400. The summed E-state index contributed by atoms with van der Waals surface area (Å²) in [6.07, 6.45) is 4.68. The van der Waals surface area contributed by atoms with E-state index in [-0.39, 0.29) is 0 Å². The summed E-state index contributed by atoms with van der Waals surface area (Å²) in [6.45, 7) is 4.28. The second kappa shape index (κ2) is 4.89. The molecule has 0 saturated carbocycles. The first kappa shape index (κ1) is 12.9. The van der Waals surface area contributed by atoms with Crippen LogP contribution in [0.15, 0.2) is 24.4 Å². The van der Waals surface area contributed by atoms with E-state index in [4.69, 9.17) is 4.65 Å². The average molecular weight is 283 g/mol. The van der Waals surface area contributed by atoms with Crippen LogP contribution < -0.4 is 9.97 Å². The van der Waals surface area contributed by atoms with E-state index in [1.54, 1.807) is 6.20 Å². The fourth-order valence-corrected chi connectivity index (χ4v) is 3.56. The molecule has 4 rings (SSSR count). The largest absolute Gasteiger partial charge is 0.552 e. The number of hydrogen-bond acceptors (Lipinski definition) is 4. The molecule has 2 aromatic heterocycles. The van der Waals surface area contributed by atoms with Gasteiger partial charge in [-0.05, 0) is 49.0 Å². The number of nitrogens with zero attached hydrogens (tertiary/aromatic N) is 1. The maximum absolute atomic E-state index is 10.0. The standard InChI is InChI=1S/C15H18BN3O2/c1-9-7-17-4-2-10(9)12-6-16(20)21-13-8-19-15-11(14(12)13)3-5-18-15/h3,5-6,8-10,17,20H,2,4,7H2,1H3,(H,18,19)/t9-,10+/m0/s1. The van der Waals surface area contributed by atoms with Crippen molar-refractivity contribution >= 4 is 23.7 Å². The second-order valence-electron chi connectivity index (χ2n) is 5.94. The summed E-state index contributed by atoms with van der Waals surface area (Å²) in [5.74, 6) is 3.51. The first-order valence-corrected chi connectivity index (χ1v) is 7.47. The molecule has 0 radical (unpaired) electrons. The lowest BCUT2D eigenvalue weighted by atomic mass is 9.72. The minimum absolute atomic E-state index is 0.434. The highest BCUT2D eigenvalue weighted by Gasteiger charge is 2.33. The number of piperidine rings is 1. The Balaban J connectivity index is 1.88. The molecule has 1 saturated heterocycles. The van der Waals surface area contributed by atoms with Crippen molar-refractivity contribution in [2.24, 2.45) is 11.8 Å². The molecule has 0 amide bonds. The SMILES string of the molecule is C[C@H]1CNCC[C@H]1C1=CB(O)Oc2cnc3[nH]ccc3c21. The van der Waals surface area contributed by atoms with Crippen molar-refractivity contribution in [2.75, 3.05) is 13.1 Å². The maximum Gasteiger partial charge on any atom is 0.552 e. The Morgan fingerprint density at radius 1 is 1.48 bits per heavy atom. The van der Waals surface area contributed by atoms with E-state index in [2.05, 4.69) is 22.2 Å². The van der Waals surface area contributed by atoms with Crippen molar-refractivity contribution in [3.63, 3.8) is 0 Å². The topological polar surface area (TPSA) is 70.2 Å². The first-order chi connectivity index (χ1) is 10.2. The lowest BCUT2D eigenvalue weighted by molar-refractivity contribution is 0.332. The molecule has 2 aliphatic rings. The van der Waals surface area contributed by atoms with E-state index in [1.165, 1.54) is 5.57 Å². The third-order valence-corrected chi connectivity index (χ3v) is 4.60. The third kappa shape index (κ3) is 2.06. The van der Waals surface area contributed by atoms with E-state index < -0.39 is 7.12 Å². The molecule has 1 fully saturated rings. The summed E-state index contributed by atoms with van der Waals surface area (Å²) in [5.41, 5.74) is 3.15. The molecule has 2 aromatic rings. The molecule has 0 bridgehead atoms. The quantitative estimate of drug-likeness (QED) is 0.695. The molecule has 2 aliphatic heterocycles. The Labute approximate surface area is 123 Å². The van der Waals surface area contributed by atoms with Crippen LogP contribution >= 0.6 is 0 Å². The minimum Gasteiger partial charge on any atom is -0.531 e. The predicted molar refractivity (Wildman–Crippen MR) is 82.8 cm³/mol. The van der Waals surface area contributed by atoms with Crippen LogP contribution in [0.2, 0.25) is 0 Å². The lowest BCUT2D eigenvalue weighted by Crippen LogP contribution is -2.37. The van der Waals surface area contributed by atoms with Crippen molar-refractivity contribution in [3.8, 4) is 5.75 Å². The van der Waals surface area contributed by atoms with Gasteiger partial charge in [0.1, 0.15) is 11.4 Å². The lowest BCUT2D eigenvalue weighted by Gasteiger charge is -2.34. The van der Waals surface area contributed by atoms with Crippen molar-refractivity contribution in [3.05, 3.63) is 30.0 Å². The number of rotatable bonds is 1. The molecule has 2 atom stereocenters. The van der Waals surface area contributed by atoms with Crippen LogP contribution in [-0.4, -0.2) is 35.2 Å². The van der Waals surface area contributed by atoms with Crippen LogP contribution in [0.4, 0.5) is 0 Å². The highest BCUT2D eigenvalue weighted by atomic mass is 16.5. The maximum atomic E-state index is 10.0. The van der Waals surface area contributed by atoms with Gasteiger partial charge in [0.15, 0.2) is 0 Å². The van der Waals surface area contributed by atoms with Gasteiger partial charge in [-0.2, -0.15) is 0 Å². The Morgan fingerprint density at radius 2 is 2.38 bits per heavy atom. The molecule has 0 aromatic carbocycles. The van der Waals surface area contributed by atoms with Gasteiger partial charge >= 0.3 is 7.12 Å². The molecule has 21 heavy (non-hydrogen) atoms. The Morgan fingerprint density at radius 3 is 3.24 bits per heavy atom. The number of fused-ring (bicyclic) bond motifs is 3. The van der Waals surface area contributed by atoms with Gasteiger partial charge in [0.25, 0.3) is 0 Å². The summed E-state index contributed by atoms with van der Waals surface area (Å²) in [7, 11) is -0.882. The summed E-state index contributed by atoms with van der Waals surface area (Å²) in [4.78, 5) is 7.50. The summed E-state index contributed by atoms with van der Waals surface area (Å²) in [5, 5.41) is 14.5. The van der Waals surface area contributed by atoms with Crippen molar-refractivity contribution in [2.45, 2.75) is 13.3 Å². The highest BCUT2D eigenvalue weighted by Crippen LogP contribution is 2.42. The van der Waals surface area contributed by atoms with Crippen LogP contribution in [-0.2, 0) is 0 Å². The number of allylic oxidation sites excluding steroid dienone is 1. The summed E-state index contributed by atoms with van der Waals surface area (Å²) in [6, 6.07) is 2.03. The Kier molecular flexibility index (Phi) is 3.01. The predicted octanol–water partition coefficient (Wildman–Crippen LogP) is 1.60. The van der Waals surface area contributed by atoms with Gasteiger partial charge in [-0.1, -0.05) is 6.92 Å². The number of pyridine rings is 1. The van der Waals surface area contributed by atoms with Gasteiger partial charge in [-0.15, -0.1) is 0 Å². The Hall–Kier alpha value is -1.79. The van der Waals surface area contributed by atoms with Crippen LogP contribution in [0.25, 0.3) is 16.6 Å². The van der Waals surface area contributed by atoms with Crippen molar-refractivity contribution in [1.82, 2.24) is 15.3 Å². The van der Waals surface area contributed by atoms with Crippen molar-refractivity contribution < 1.29 is 9.68 Å². The monoisotopic (exact) mass is 283 g/mol. The zero-order chi connectivity index (χ0) is 14.4. The number of hydrogen-bond donors (Lipinski definition) is 3. The smallest absolute Gasteiger partial charge is 0.531 e. The van der Waals surface area contributed by atoms with Crippen LogP contribution in [0.1, 0.15) is 18.9 Å². The molecule has 4 heterocycles. The molecular weight excluding hydrogens is 265 g/mol. The third-order valence-electron chi connectivity index (χ3n) is 4.60. The number of aromatic nitrogens is 2. The van der Waals surface area contributed by atoms with E-state index in [0.29, 0.717) is 17.6 Å². The summed E-state index contributed by atoms with van der Waals surface area (Å²) >= 11 is 0. The van der Waals surface area contributed by atoms with Gasteiger partial charge in [-0.3, -0.25) is 0 Å². The van der Waals surface area contributed by atoms with E-state index in [0.717, 1.165) is 36.1 Å². The van der Waals surface area contributed by atoms with Crippen LogP contribution in [0, 0.1) is 11.8 Å². The average Bonchev–Trinajstić information content (AvgIpc) is 2.95. The van der Waals surface area contributed by atoms with Gasteiger partial charge in [0.05, 0.1) is 6.20 Å². The first-order valence-electron chi connectivity index (χ1n) is 7.47. The molecule has 6 heteroatoms. The van der Waals surface area contributed by atoms with Gasteiger partial charge in [-0.25, -0.2) is 4.98 Å². The van der Waals surface area contributed by atoms with E-state index in [9.17, 15) is 5.02 Å². The molecule has 3 N–H and O–H groups in total. The number of H-pyrrole nitrogens is 1. The van der Waals surface area contributed by atoms with Crippen LogP contribution in [0.5, 0.6) is 5.75 Å². The van der Waals surface area contributed by atoms with Gasteiger partial charge < -0.3 is 20.0 Å². The molecule has 0 unspecified atom stereocenters. The van der Waals surface area contributed by atoms with Crippen LogP contribution in [0.3, 0.4) is 0 Å². The van der Waals surface area contributed by atoms with Gasteiger partial charge in [0, 0.05) is 17.1 Å². The normalized spacial score (nSPS) is 25.4. The second-order valence-corrected chi connectivity index (χ2v) is 5.94. The highest BCUT2D eigenvalue weighted by molar-refractivity contribution is 6.52. The fourth-order valence-electron chi connectivity index (χ4n) is 3.56. The molecular formula is C15H18BN3O2. The van der Waals surface area contributed by atoms with E-state index in [1.807, 2.05) is 18.2 Å². The zero-order valence-corrected chi connectivity index (χ0v) is 12.0. The minimum atomic E-state index is -0.882. The van der Waals surface area contributed by atoms with E-state index >= 15 is 0 Å². The zero-order valence-electron chi connectivity index (χ0n) is 12.0. The molecule has 108 valence electrons. The molecule has 5 nitrogen and oxygen atoms in total. The number of aromatic amines is 1. The molecule has 0 aliphatic carbocycles. The van der Waals surface area contributed by atoms with Crippen molar-refractivity contribution in [1.29, 1.82) is 0 Å². The Bertz CT molecular complexity index is 712. The molecule has 0 spiro atoms.